The van der Waals surface area contributed by atoms with Crippen molar-refractivity contribution in [3.8, 4) is 0 Å². The summed E-state index contributed by atoms with van der Waals surface area (Å²) in [6.45, 7) is 7.85. The zero-order chi connectivity index (χ0) is 10.1. The summed E-state index contributed by atoms with van der Waals surface area (Å²) in [5.74, 6) is 0.745. The minimum Gasteiger partial charge on any atom is -0.381 e. The van der Waals surface area contributed by atoms with Gasteiger partial charge in [-0.1, -0.05) is 7.43 Å². The first-order valence-electron chi connectivity index (χ1n) is 4.69. The van der Waals surface area contributed by atoms with Gasteiger partial charge in [0.25, 0.3) is 0 Å². The largest absolute Gasteiger partial charge is 0.381 e. The van der Waals surface area contributed by atoms with E-state index in [0.29, 0.717) is 0 Å². The molecule has 0 amide bonds. The third kappa shape index (κ3) is 7.10. The summed E-state index contributed by atoms with van der Waals surface area (Å²) in [4.78, 5) is 9.89. The highest BCUT2D eigenvalue weighted by Crippen LogP contribution is 2.15. The molecule has 0 N–H and O–H groups in total. The number of carbonyl (C=O) groups excluding carboxylic acids is 1. The second-order valence-corrected chi connectivity index (χ2v) is 3.14. The molecule has 0 saturated carbocycles. The number of rotatable bonds is 3. The van der Waals surface area contributed by atoms with Crippen LogP contribution in [0.15, 0.2) is 0 Å². The average molecular weight is 199 g/mol. The third-order valence-corrected chi connectivity index (χ3v) is 2.21. The molecule has 3 nitrogen and oxygen atoms in total. The van der Waals surface area contributed by atoms with Crippen LogP contribution in [-0.4, -0.2) is 45.9 Å². The van der Waals surface area contributed by atoms with Crippen molar-refractivity contribution in [2.75, 3.05) is 26.3 Å². The first-order valence-corrected chi connectivity index (χ1v) is 4.69. The van der Waals surface area contributed by atoms with Crippen molar-refractivity contribution in [3.05, 3.63) is 0 Å². The van der Waals surface area contributed by atoms with Crippen LogP contribution in [0.1, 0.15) is 27.2 Å². The maximum absolute atomic E-state index is 8.00. The molecule has 1 heterocycles. The molecule has 0 unspecified atom stereocenters. The van der Waals surface area contributed by atoms with E-state index in [0.717, 1.165) is 32.2 Å². The van der Waals surface area contributed by atoms with Crippen molar-refractivity contribution in [2.24, 2.45) is 5.92 Å². The van der Waals surface area contributed by atoms with Crippen molar-refractivity contribution < 1.29 is 9.53 Å². The fourth-order valence-corrected chi connectivity index (χ4v) is 1.40. The molecular formula is C10H22BNO2. The van der Waals surface area contributed by atoms with Crippen LogP contribution >= 0.6 is 0 Å². The molecule has 0 aliphatic carbocycles. The van der Waals surface area contributed by atoms with E-state index in [9.17, 15) is 0 Å². The monoisotopic (exact) mass is 199 g/mol. The zero-order valence-electron chi connectivity index (χ0n) is 8.37. The lowest BCUT2D eigenvalue weighted by Gasteiger charge is -2.29. The summed E-state index contributed by atoms with van der Waals surface area (Å²) in [5.41, 5.74) is 0. The van der Waals surface area contributed by atoms with E-state index in [1.54, 1.807) is 0 Å². The van der Waals surface area contributed by atoms with Crippen LogP contribution in [0.3, 0.4) is 0 Å². The summed E-state index contributed by atoms with van der Waals surface area (Å²) in [6.07, 6.45) is 2.38. The van der Waals surface area contributed by atoms with E-state index in [1.165, 1.54) is 12.8 Å². The lowest BCUT2D eigenvalue weighted by atomic mass is 9.96. The molecule has 1 saturated heterocycles. The summed E-state index contributed by atoms with van der Waals surface area (Å²) in [5, 5.41) is 0. The molecule has 82 valence electrons. The molecular weight excluding hydrogens is 177 g/mol. The molecule has 1 aliphatic rings. The van der Waals surface area contributed by atoms with Crippen LogP contribution in [0.4, 0.5) is 0 Å². The number of nitrogens with zero attached hydrogens (tertiary/aromatic N) is 1. The van der Waals surface area contributed by atoms with Gasteiger partial charge in [-0.15, -0.1) is 0 Å². The molecule has 0 atom stereocenters. The Morgan fingerprint density at radius 1 is 1.43 bits per heavy atom. The minimum atomic E-state index is 0. The van der Waals surface area contributed by atoms with Gasteiger partial charge in [-0.05, 0) is 38.8 Å². The molecule has 0 bridgehead atoms. The Balaban J connectivity index is 0. The predicted molar refractivity (Wildman–Crippen MR) is 60.4 cm³/mol. The SMILES string of the molecule is C.C=O.[B]N1CCC(COCC)CC1. The predicted octanol–water partition coefficient (Wildman–Crippen LogP) is 1.27. The highest BCUT2D eigenvalue weighted by molar-refractivity contribution is 6.04. The number of ether oxygens (including phenoxy) is 1. The van der Waals surface area contributed by atoms with Gasteiger partial charge in [0.1, 0.15) is 6.79 Å². The lowest BCUT2D eigenvalue weighted by Crippen LogP contribution is -2.33. The van der Waals surface area contributed by atoms with E-state index in [2.05, 4.69) is 0 Å². The van der Waals surface area contributed by atoms with Gasteiger partial charge in [0.2, 0.25) is 0 Å². The molecule has 0 aromatic rings. The number of hydrogen-bond acceptors (Lipinski definition) is 3. The van der Waals surface area contributed by atoms with Crippen molar-refractivity contribution in [1.82, 2.24) is 4.81 Å². The molecule has 1 fully saturated rings. The summed E-state index contributed by atoms with van der Waals surface area (Å²) in [7, 11) is 5.62. The normalized spacial score (nSPS) is 17.8. The van der Waals surface area contributed by atoms with E-state index >= 15 is 0 Å². The van der Waals surface area contributed by atoms with E-state index < -0.39 is 0 Å². The zero-order valence-corrected chi connectivity index (χ0v) is 8.37. The molecule has 1 aliphatic heterocycles. The lowest BCUT2D eigenvalue weighted by molar-refractivity contribution is -0.0979. The molecule has 0 aromatic heterocycles. The van der Waals surface area contributed by atoms with Crippen molar-refractivity contribution in [3.63, 3.8) is 0 Å². The van der Waals surface area contributed by atoms with Crippen LogP contribution in [0, 0.1) is 5.92 Å². The Bertz CT molecular complexity index is 114. The van der Waals surface area contributed by atoms with Crippen LogP contribution in [-0.2, 0) is 9.53 Å². The number of piperidine rings is 1. The second-order valence-electron chi connectivity index (χ2n) is 3.14. The van der Waals surface area contributed by atoms with E-state index in [1.807, 2.05) is 18.5 Å². The van der Waals surface area contributed by atoms with Gasteiger partial charge < -0.3 is 14.3 Å². The summed E-state index contributed by atoms with van der Waals surface area (Å²) < 4.78 is 5.35. The third-order valence-electron chi connectivity index (χ3n) is 2.21. The smallest absolute Gasteiger partial charge is 0.182 e. The fraction of sp³-hybridized carbons (Fsp3) is 0.900. The Labute approximate surface area is 89.2 Å². The quantitative estimate of drug-likeness (QED) is 0.641. The topological polar surface area (TPSA) is 29.5 Å². The minimum absolute atomic E-state index is 0. The van der Waals surface area contributed by atoms with Gasteiger partial charge >= 0.3 is 0 Å². The first-order chi connectivity index (χ1) is 6.33. The molecule has 1 rings (SSSR count). The number of hydrogen-bond donors (Lipinski definition) is 0. The van der Waals surface area contributed by atoms with Gasteiger partial charge in [0.05, 0.1) is 0 Å². The Hall–Kier alpha value is -0.345. The van der Waals surface area contributed by atoms with Crippen molar-refractivity contribution in [2.45, 2.75) is 27.2 Å². The Morgan fingerprint density at radius 2 is 1.93 bits per heavy atom. The standard InChI is InChI=1S/C8H16BNO.CH2O.CH4/c1-2-11-7-8-3-5-10(9)6-4-8;1-2;/h8H,2-7H2,1H3;1H2;1H4. The molecule has 2 radical (unpaired) electrons. The molecule has 4 heteroatoms. The van der Waals surface area contributed by atoms with Gasteiger partial charge in [0.15, 0.2) is 7.98 Å². The van der Waals surface area contributed by atoms with Crippen LogP contribution < -0.4 is 0 Å². The highest BCUT2D eigenvalue weighted by atomic mass is 16.5. The molecule has 0 aromatic carbocycles. The van der Waals surface area contributed by atoms with Crippen molar-refractivity contribution in [1.29, 1.82) is 0 Å². The fourth-order valence-electron chi connectivity index (χ4n) is 1.40. The summed E-state index contributed by atoms with van der Waals surface area (Å²) in [6, 6.07) is 0. The van der Waals surface area contributed by atoms with Crippen LogP contribution in [0.25, 0.3) is 0 Å². The van der Waals surface area contributed by atoms with Crippen LogP contribution in [0.2, 0.25) is 0 Å². The molecule has 0 spiro atoms. The van der Waals surface area contributed by atoms with Gasteiger partial charge in [-0.25, -0.2) is 0 Å². The van der Waals surface area contributed by atoms with Crippen LogP contribution in [0.5, 0.6) is 0 Å². The Morgan fingerprint density at radius 3 is 2.36 bits per heavy atom. The Kier molecular flexibility index (Phi) is 12.3. The van der Waals surface area contributed by atoms with Gasteiger partial charge in [-0.3, -0.25) is 0 Å². The number of carbonyl (C=O) groups is 1. The maximum Gasteiger partial charge on any atom is 0.182 e. The van der Waals surface area contributed by atoms with Gasteiger partial charge in [-0.2, -0.15) is 0 Å². The highest BCUT2D eigenvalue weighted by Gasteiger charge is 2.15. The summed E-state index contributed by atoms with van der Waals surface area (Å²) >= 11 is 0. The van der Waals surface area contributed by atoms with Gasteiger partial charge in [0, 0.05) is 13.2 Å². The second kappa shape index (κ2) is 10.7. The van der Waals surface area contributed by atoms with Crippen molar-refractivity contribution >= 4 is 14.8 Å². The first kappa shape index (κ1) is 16.1. The molecule has 14 heavy (non-hydrogen) atoms. The van der Waals surface area contributed by atoms with E-state index in [-0.39, 0.29) is 7.43 Å². The maximum atomic E-state index is 8.00. The van der Waals surface area contributed by atoms with E-state index in [4.69, 9.17) is 17.5 Å². The average Bonchev–Trinajstić information content (AvgIpc) is 2.20.